The van der Waals surface area contributed by atoms with E-state index in [-0.39, 0.29) is 12.0 Å². The third-order valence-corrected chi connectivity index (χ3v) is 5.24. The van der Waals surface area contributed by atoms with Gasteiger partial charge in [-0.2, -0.15) is 10.2 Å². The normalized spacial score (nSPS) is 16.8. The fraction of sp³-hybridized carbons (Fsp3) is 0.632. The minimum absolute atomic E-state index is 0.0101. The SMILES string of the molecule is Cc1c(CN[C@H](c2nc(C(C)C)no2)C2CCOCC2)cc(C#N)n1C. The number of hydrogen-bond acceptors (Lipinski definition) is 6. The molecule has 26 heavy (non-hydrogen) atoms. The summed E-state index contributed by atoms with van der Waals surface area (Å²) in [5.41, 5.74) is 2.87. The van der Waals surface area contributed by atoms with Crippen molar-refractivity contribution in [3.63, 3.8) is 0 Å². The summed E-state index contributed by atoms with van der Waals surface area (Å²) >= 11 is 0. The molecule has 1 saturated heterocycles. The fourth-order valence-electron chi connectivity index (χ4n) is 3.38. The Hall–Kier alpha value is -2.17. The van der Waals surface area contributed by atoms with Crippen molar-refractivity contribution >= 4 is 0 Å². The van der Waals surface area contributed by atoms with Gasteiger partial charge in [0.05, 0.1) is 6.04 Å². The molecule has 0 saturated carbocycles. The Kier molecular flexibility index (Phi) is 5.74. The van der Waals surface area contributed by atoms with Gasteiger partial charge >= 0.3 is 0 Å². The predicted molar refractivity (Wildman–Crippen MR) is 96.4 cm³/mol. The molecule has 0 aliphatic carbocycles. The van der Waals surface area contributed by atoms with Gasteiger partial charge in [0, 0.05) is 38.4 Å². The molecule has 1 fully saturated rings. The van der Waals surface area contributed by atoms with Crippen molar-refractivity contribution in [2.24, 2.45) is 13.0 Å². The smallest absolute Gasteiger partial charge is 0.244 e. The van der Waals surface area contributed by atoms with Crippen LogP contribution in [-0.4, -0.2) is 27.9 Å². The first-order chi connectivity index (χ1) is 12.5. The third kappa shape index (κ3) is 3.81. The molecule has 0 spiro atoms. The van der Waals surface area contributed by atoms with E-state index in [1.165, 1.54) is 0 Å². The monoisotopic (exact) mass is 357 g/mol. The van der Waals surface area contributed by atoms with Crippen LogP contribution in [0.2, 0.25) is 0 Å². The second-order valence-corrected chi connectivity index (χ2v) is 7.26. The highest BCUT2D eigenvalue weighted by Crippen LogP contribution is 2.30. The zero-order valence-electron chi connectivity index (χ0n) is 16.0. The number of nitriles is 1. The molecule has 1 aliphatic heterocycles. The molecule has 140 valence electrons. The van der Waals surface area contributed by atoms with Gasteiger partial charge in [-0.3, -0.25) is 0 Å². The van der Waals surface area contributed by atoms with E-state index in [4.69, 9.17) is 9.26 Å². The summed E-state index contributed by atoms with van der Waals surface area (Å²) in [7, 11) is 1.92. The summed E-state index contributed by atoms with van der Waals surface area (Å²) in [5.74, 6) is 2.01. The van der Waals surface area contributed by atoms with Gasteiger partial charge in [0.1, 0.15) is 11.8 Å². The Balaban J connectivity index is 1.80. The van der Waals surface area contributed by atoms with Crippen LogP contribution >= 0.6 is 0 Å². The van der Waals surface area contributed by atoms with Crippen LogP contribution in [0.3, 0.4) is 0 Å². The van der Waals surface area contributed by atoms with Crippen molar-refractivity contribution in [3.05, 3.63) is 34.7 Å². The van der Waals surface area contributed by atoms with E-state index in [9.17, 15) is 5.26 Å². The summed E-state index contributed by atoms with van der Waals surface area (Å²) in [6, 6.07) is 4.16. The molecule has 0 amide bonds. The van der Waals surface area contributed by atoms with E-state index in [1.807, 2.05) is 24.6 Å². The Morgan fingerprint density at radius 2 is 2.12 bits per heavy atom. The molecule has 2 aromatic rings. The molecule has 2 aromatic heterocycles. The van der Waals surface area contributed by atoms with Crippen LogP contribution < -0.4 is 5.32 Å². The van der Waals surface area contributed by atoms with Gasteiger partial charge in [-0.1, -0.05) is 19.0 Å². The topological polar surface area (TPSA) is 88.9 Å². The van der Waals surface area contributed by atoms with Crippen molar-refractivity contribution in [3.8, 4) is 6.07 Å². The maximum atomic E-state index is 9.23. The molecule has 0 bridgehead atoms. The average molecular weight is 357 g/mol. The maximum Gasteiger partial charge on any atom is 0.244 e. The van der Waals surface area contributed by atoms with Crippen LogP contribution in [0.25, 0.3) is 0 Å². The molecule has 7 nitrogen and oxygen atoms in total. The molecule has 1 N–H and O–H groups in total. The van der Waals surface area contributed by atoms with Gasteiger partial charge in [0.2, 0.25) is 5.89 Å². The van der Waals surface area contributed by atoms with E-state index in [0.29, 0.717) is 24.0 Å². The van der Waals surface area contributed by atoms with E-state index in [0.717, 1.165) is 43.1 Å². The standard InChI is InChI=1S/C19H27N5O2/c1-12(2)18-22-19(26-23-18)17(14-5-7-25-8-6-14)21-11-15-9-16(10-20)24(4)13(15)3/h9,12,14,17,21H,5-8,11H2,1-4H3/t17-/m0/s1. The lowest BCUT2D eigenvalue weighted by Crippen LogP contribution is -2.32. The van der Waals surface area contributed by atoms with E-state index >= 15 is 0 Å². The molecular weight excluding hydrogens is 330 g/mol. The van der Waals surface area contributed by atoms with Crippen molar-refractivity contribution < 1.29 is 9.26 Å². The summed E-state index contributed by atoms with van der Waals surface area (Å²) < 4.78 is 13.0. The molecule has 0 unspecified atom stereocenters. The van der Waals surface area contributed by atoms with Crippen LogP contribution in [-0.2, 0) is 18.3 Å². The number of ether oxygens (including phenoxy) is 1. The minimum Gasteiger partial charge on any atom is -0.381 e. The molecule has 0 aromatic carbocycles. The molecule has 1 atom stereocenters. The second kappa shape index (κ2) is 8.02. The maximum absolute atomic E-state index is 9.23. The first-order valence-corrected chi connectivity index (χ1v) is 9.21. The van der Waals surface area contributed by atoms with E-state index < -0.39 is 0 Å². The Morgan fingerprint density at radius 3 is 2.69 bits per heavy atom. The molecule has 3 rings (SSSR count). The third-order valence-electron chi connectivity index (χ3n) is 5.24. The van der Waals surface area contributed by atoms with Crippen LogP contribution in [0.1, 0.15) is 67.3 Å². The lowest BCUT2D eigenvalue weighted by molar-refractivity contribution is 0.0485. The zero-order valence-corrected chi connectivity index (χ0v) is 16.0. The van der Waals surface area contributed by atoms with Gasteiger partial charge in [0.25, 0.3) is 0 Å². The first-order valence-electron chi connectivity index (χ1n) is 9.21. The first kappa shape index (κ1) is 18.6. The van der Waals surface area contributed by atoms with Crippen molar-refractivity contribution in [1.82, 2.24) is 20.0 Å². The van der Waals surface area contributed by atoms with Crippen LogP contribution in [0.4, 0.5) is 0 Å². The Morgan fingerprint density at radius 1 is 1.38 bits per heavy atom. The van der Waals surface area contributed by atoms with Gasteiger partial charge in [-0.05, 0) is 37.3 Å². The lowest BCUT2D eigenvalue weighted by Gasteiger charge is -2.28. The van der Waals surface area contributed by atoms with Crippen molar-refractivity contribution in [2.45, 2.75) is 52.1 Å². The largest absolute Gasteiger partial charge is 0.381 e. The van der Waals surface area contributed by atoms with E-state index in [1.54, 1.807) is 0 Å². The highest BCUT2D eigenvalue weighted by Gasteiger charge is 2.30. The van der Waals surface area contributed by atoms with Crippen LogP contribution in [0.15, 0.2) is 10.6 Å². The van der Waals surface area contributed by atoms with Gasteiger partial charge < -0.3 is 19.1 Å². The molecule has 1 aliphatic rings. The summed E-state index contributed by atoms with van der Waals surface area (Å²) in [5, 5.41) is 17.0. The Labute approximate surface area is 154 Å². The van der Waals surface area contributed by atoms with Gasteiger partial charge in [0.15, 0.2) is 5.82 Å². The van der Waals surface area contributed by atoms with Crippen molar-refractivity contribution in [2.75, 3.05) is 13.2 Å². The molecule has 7 heteroatoms. The number of hydrogen-bond donors (Lipinski definition) is 1. The summed E-state index contributed by atoms with van der Waals surface area (Å²) in [6.45, 7) is 8.33. The van der Waals surface area contributed by atoms with Crippen LogP contribution in [0, 0.1) is 24.2 Å². The number of nitrogens with one attached hydrogen (secondary N) is 1. The number of aromatic nitrogens is 3. The summed E-state index contributed by atoms with van der Waals surface area (Å²) in [6.07, 6.45) is 1.93. The van der Waals surface area contributed by atoms with Gasteiger partial charge in [-0.25, -0.2) is 0 Å². The van der Waals surface area contributed by atoms with Crippen LogP contribution in [0.5, 0.6) is 0 Å². The average Bonchev–Trinajstić information content (AvgIpc) is 3.23. The highest BCUT2D eigenvalue weighted by atomic mass is 16.5. The van der Waals surface area contributed by atoms with Crippen molar-refractivity contribution in [1.29, 1.82) is 5.26 Å². The highest BCUT2D eigenvalue weighted by molar-refractivity contribution is 5.34. The lowest BCUT2D eigenvalue weighted by atomic mass is 9.91. The van der Waals surface area contributed by atoms with Gasteiger partial charge in [-0.15, -0.1) is 0 Å². The zero-order chi connectivity index (χ0) is 18.7. The second-order valence-electron chi connectivity index (χ2n) is 7.26. The number of rotatable bonds is 6. The minimum atomic E-state index is -0.0101. The molecule has 0 radical (unpaired) electrons. The summed E-state index contributed by atoms with van der Waals surface area (Å²) in [4.78, 5) is 4.62. The van der Waals surface area contributed by atoms with E-state index in [2.05, 4.69) is 35.4 Å². The predicted octanol–water partition coefficient (Wildman–Crippen LogP) is 2.97. The molecule has 3 heterocycles. The Bertz CT molecular complexity index is 780. The number of nitrogens with zero attached hydrogens (tertiary/aromatic N) is 4. The molecular formula is C19H27N5O2. The fourth-order valence-corrected chi connectivity index (χ4v) is 3.38. The quantitative estimate of drug-likeness (QED) is 0.855.